The second-order valence-corrected chi connectivity index (χ2v) is 3.62. The highest BCUT2D eigenvalue weighted by atomic mass is 16.3. The van der Waals surface area contributed by atoms with E-state index in [0.29, 0.717) is 0 Å². The normalized spacial score (nSPS) is 16.5. The predicted octanol–water partition coefficient (Wildman–Crippen LogP) is 1.78. The Balaban J connectivity index is 3.51. The third-order valence-electron chi connectivity index (χ3n) is 2.61. The number of aliphatic hydroxyl groups is 1. The summed E-state index contributed by atoms with van der Waals surface area (Å²) in [5.41, 5.74) is 0. The van der Waals surface area contributed by atoms with E-state index in [2.05, 4.69) is 19.2 Å². The van der Waals surface area contributed by atoms with Crippen LogP contribution in [0.1, 0.15) is 40.5 Å². The van der Waals surface area contributed by atoms with Gasteiger partial charge in [0, 0.05) is 6.04 Å². The van der Waals surface area contributed by atoms with Crippen LogP contribution in [0, 0.1) is 5.92 Å². The molecule has 0 aromatic rings. The lowest BCUT2D eigenvalue weighted by Gasteiger charge is -2.20. The fraction of sp³-hybridized carbons (Fsp3) is 1.00. The van der Waals surface area contributed by atoms with E-state index in [4.69, 9.17) is 0 Å². The van der Waals surface area contributed by atoms with Crippen molar-refractivity contribution in [3.8, 4) is 0 Å². The highest BCUT2D eigenvalue weighted by Crippen LogP contribution is 2.05. The van der Waals surface area contributed by atoms with E-state index in [1.807, 2.05) is 13.8 Å². The smallest absolute Gasteiger partial charge is 0.0662 e. The maximum Gasteiger partial charge on any atom is 0.0662 e. The Bertz CT molecular complexity index is 98.0. The van der Waals surface area contributed by atoms with Crippen LogP contribution in [0.2, 0.25) is 0 Å². The first kappa shape index (κ1) is 11.9. The van der Waals surface area contributed by atoms with Crippen LogP contribution in [-0.2, 0) is 0 Å². The summed E-state index contributed by atoms with van der Waals surface area (Å²) in [7, 11) is 0. The first-order chi connectivity index (χ1) is 5.61. The molecule has 0 saturated heterocycles. The van der Waals surface area contributed by atoms with E-state index in [0.717, 1.165) is 12.5 Å². The molecule has 0 heterocycles. The molecule has 74 valence electrons. The van der Waals surface area contributed by atoms with E-state index in [1.54, 1.807) is 0 Å². The Morgan fingerprint density at radius 2 is 1.67 bits per heavy atom. The molecule has 0 aliphatic rings. The van der Waals surface area contributed by atoms with Crippen LogP contribution < -0.4 is 5.32 Å². The number of rotatable bonds is 6. The molecule has 2 unspecified atom stereocenters. The van der Waals surface area contributed by atoms with Crippen molar-refractivity contribution in [1.82, 2.24) is 5.32 Å². The van der Waals surface area contributed by atoms with Crippen molar-refractivity contribution >= 4 is 0 Å². The van der Waals surface area contributed by atoms with E-state index in [1.165, 1.54) is 12.8 Å². The minimum Gasteiger partial charge on any atom is -0.392 e. The molecule has 0 rings (SSSR count). The highest BCUT2D eigenvalue weighted by Gasteiger charge is 2.09. The summed E-state index contributed by atoms with van der Waals surface area (Å²) in [5, 5.41) is 12.6. The number of nitrogens with one attached hydrogen (secondary N) is 1. The van der Waals surface area contributed by atoms with Gasteiger partial charge >= 0.3 is 0 Å². The summed E-state index contributed by atoms with van der Waals surface area (Å²) < 4.78 is 0. The van der Waals surface area contributed by atoms with Gasteiger partial charge < -0.3 is 10.4 Å². The molecule has 0 fully saturated rings. The fourth-order valence-electron chi connectivity index (χ4n) is 1.10. The average Bonchev–Trinajstić information content (AvgIpc) is 2.05. The van der Waals surface area contributed by atoms with Crippen molar-refractivity contribution in [1.29, 1.82) is 0 Å². The summed E-state index contributed by atoms with van der Waals surface area (Å²) >= 11 is 0. The molecule has 0 aromatic heterocycles. The van der Waals surface area contributed by atoms with Crippen LogP contribution in [0.3, 0.4) is 0 Å². The monoisotopic (exact) mass is 173 g/mol. The number of aliphatic hydroxyl groups excluding tert-OH is 1. The summed E-state index contributed by atoms with van der Waals surface area (Å²) in [6.45, 7) is 9.29. The Labute approximate surface area is 76.4 Å². The van der Waals surface area contributed by atoms with Crippen molar-refractivity contribution in [2.45, 2.75) is 52.7 Å². The van der Waals surface area contributed by atoms with Gasteiger partial charge in [0.1, 0.15) is 0 Å². The molecule has 2 nitrogen and oxygen atoms in total. The lowest BCUT2D eigenvalue weighted by Crippen LogP contribution is -2.38. The van der Waals surface area contributed by atoms with Crippen molar-refractivity contribution in [2.75, 3.05) is 6.54 Å². The molecular weight excluding hydrogens is 150 g/mol. The first-order valence-corrected chi connectivity index (χ1v) is 5.03. The van der Waals surface area contributed by atoms with Gasteiger partial charge in [-0.2, -0.15) is 0 Å². The highest BCUT2D eigenvalue weighted by molar-refractivity contribution is 4.68. The summed E-state index contributed by atoms with van der Waals surface area (Å²) in [5.74, 6) is 0.756. The van der Waals surface area contributed by atoms with Crippen LogP contribution in [0.4, 0.5) is 0 Å². The van der Waals surface area contributed by atoms with Crippen LogP contribution in [0.15, 0.2) is 0 Å². The van der Waals surface area contributed by atoms with E-state index >= 15 is 0 Å². The number of hydrogen-bond acceptors (Lipinski definition) is 2. The lowest BCUT2D eigenvalue weighted by atomic mass is 10.0. The van der Waals surface area contributed by atoms with Gasteiger partial charge in [0.05, 0.1) is 6.10 Å². The second-order valence-electron chi connectivity index (χ2n) is 3.62. The largest absolute Gasteiger partial charge is 0.392 e. The van der Waals surface area contributed by atoms with Crippen LogP contribution in [-0.4, -0.2) is 23.8 Å². The first-order valence-electron chi connectivity index (χ1n) is 5.03. The third kappa shape index (κ3) is 4.73. The molecule has 0 amide bonds. The molecular formula is C10H23NO. The third-order valence-corrected chi connectivity index (χ3v) is 2.61. The number of hydrogen-bond donors (Lipinski definition) is 2. The van der Waals surface area contributed by atoms with E-state index in [9.17, 15) is 5.11 Å². The van der Waals surface area contributed by atoms with Crippen molar-refractivity contribution in [2.24, 2.45) is 5.92 Å². The molecule has 0 bridgehead atoms. The molecule has 0 aliphatic heterocycles. The van der Waals surface area contributed by atoms with Crippen LogP contribution in [0.5, 0.6) is 0 Å². The molecule has 0 aromatic carbocycles. The Morgan fingerprint density at radius 1 is 1.17 bits per heavy atom. The summed E-state index contributed by atoms with van der Waals surface area (Å²) in [4.78, 5) is 0. The zero-order valence-electron chi connectivity index (χ0n) is 8.80. The molecule has 2 heteroatoms. The van der Waals surface area contributed by atoms with Crippen molar-refractivity contribution < 1.29 is 5.11 Å². The molecule has 2 atom stereocenters. The van der Waals surface area contributed by atoms with Crippen LogP contribution >= 0.6 is 0 Å². The zero-order chi connectivity index (χ0) is 9.56. The predicted molar refractivity (Wildman–Crippen MR) is 53.2 cm³/mol. The van der Waals surface area contributed by atoms with E-state index in [-0.39, 0.29) is 12.1 Å². The van der Waals surface area contributed by atoms with Gasteiger partial charge in [0.15, 0.2) is 0 Å². The molecule has 12 heavy (non-hydrogen) atoms. The second kappa shape index (κ2) is 6.44. The SMILES string of the molecule is CCC(CC)CNC(C)C(C)O. The molecule has 2 N–H and O–H groups in total. The van der Waals surface area contributed by atoms with Gasteiger partial charge in [0.25, 0.3) is 0 Å². The maximum atomic E-state index is 9.22. The van der Waals surface area contributed by atoms with Gasteiger partial charge in [-0.1, -0.05) is 26.7 Å². The standard InChI is InChI=1S/C10H23NO/c1-5-10(6-2)7-11-8(3)9(4)12/h8-12H,5-7H2,1-4H3. The summed E-state index contributed by atoms with van der Waals surface area (Å²) in [6.07, 6.45) is 2.19. The Kier molecular flexibility index (Phi) is 6.39. The Hall–Kier alpha value is -0.0800. The average molecular weight is 173 g/mol. The van der Waals surface area contributed by atoms with Gasteiger partial charge in [-0.15, -0.1) is 0 Å². The zero-order valence-corrected chi connectivity index (χ0v) is 8.80. The lowest BCUT2D eigenvalue weighted by molar-refractivity contribution is 0.149. The van der Waals surface area contributed by atoms with Crippen molar-refractivity contribution in [3.63, 3.8) is 0 Å². The molecule has 0 radical (unpaired) electrons. The Morgan fingerprint density at radius 3 is 2.00 bits per heavy atom. The van der Waals surface area contributed by atoms with Crippen molar-refractivity contribution in [3.05, 3.63) is 0 Å². The topological polar surface area (TPSA) is 32.3 Å². The molecule has 0 aliphatic carbocycles. The van der Waals surface area contributed by atoms with E-state index < -0.39 is 0 Å². The summed E-state index contributed by atoms with van der Waals surface area (Å²) in [6, 6.07) is 0.214. The minimum absolute atomic E-state index is 0.214. The van der Waals surface area contributed by atoms with Crippen LogP contribution in [0.25, 0.3) is 0 Å². The molecule has 0 saturated carbocycles. The fourth-order valence-corrected chi connectivity index (χ4v) is 1.10. The van der Waals surface area contributed by atoms with Gasteiger partial charge in [0.2, 0.25) is 0 Å². The van der Waals surface area contributed by atoms with Gasteiger partial charge in [-0.25, -0.2) is 0 Å². The quantitative estimate of drug-likeness (QED) is 0.641. The maximum absolute atomic E-state index is 9.22. The van der Waals surface area contributed by atoms with Gasteiger partial charge in [-0.05, 0) is 26.3 Å². The molecule has 0 spiro atoms. The van der Waals surface area contributed by atoms with Gasteiger partial charge in [-0.3, -0.25) is 0 Å². The minimum atomic E-state index is -0.251.